The highest BCUT2D eigenvalue weighted by Crippen LogP contribution is 2.32. The molecule has 2 aromatic carbocycles. The van der Waals surface area contributed by atoms with Crippen LogP contribution in [0.5, 0.6) is 17.2 Å². The van der Waals surface area contributed by atoms with E-state index < -0.39 is 6.04 Å². The van der Waals surface area contributed by atoms with Crippen molar-refractivity contribution < 1.29 is 28.6 Å². The number of fused-ring (bicyclic) bond motifs is 5. The van der Waals surface area contributed by atoms with Crippen LogP contribution in [0.1, 0.15) is 52.1 Å². The Labute approximate surface area is 243 Å². The molecule has 6 rings (SSSR count). The predicted molar refractivity (Wildman–Crippen MR) is 151 cm³/mol. The van der Waals surface area contributed by atoms with E-state index in [4.69, 9.17) is 14.2 Å². The fraction of sp³-hybridized carbons (Fsp3) is 0.387. The zero-order valence-corrected chi connectivity index (χ0v) is 23.2. The molecule has 1 saturated carbocycles. The number of nitrogens with zero attached hydrogens (tertiary/aromatic N) is 3. The number of likely N-dealkylation sites (tertiary alicyclic amines) is 1. The van der Waals surface area contributed by atoms with E-state index >= 15 is 0 Å². The molecule has 3 aromatic rings. The Hall–Kier alpha value is -4.51. The van der Waals surface area contributed by atoms with Gasteiger partial charge in [-0.15, -0.1) is 0 Å². The van der Waals surface area contributed by atoms with Crippen molar-refractivity contribution in [3.63, 3.8) is 0 Å². The van der Waals surface area contributed by atoms with Crippen molar-refractivity contribution in [2.24, 2.45) is 5.92 Å². The van der Waals surface area contributed by atoms with E-state index in [9.17, 15) is 14.4 Å². The zero-order chi connectivity index (χ0) is 28.9. The van der Waals surface area contributed by atoms with Gasteiger partial charge in [0.05, 0.1) is 31.6 Å². The van der Waals surface area contributed by atoms with E-state index in [1.54, 1.807) is 23.1 Å². The van der Waals surface area contributed by atoms with Crippen molar-refractivity contribution in [2.45, 2.75) is 44.4 Å². The SMILES string of the molecule is O=C1CCNC(=O)c2cc(OCC3CC3)cc(c2)Oc2cccc(c2)CO[C@@H]2CCN(C(=O)c3cnccn3)C[C@@H]2N1. The fourth-order valence-corrected chi connectivity index (χ4v) is 5.08. The Balaban J connectivity index is 1.21. The molecule has 0 spiro atoms. The first-order chi connectivity index (χ1) is 20.5. The molecule has 1 aromatic heterocycles. The summed E-state index contributed by atoms with van der Waals surface area (Å²) in [6.07, 6.45) is 6.99. The number of piperidine rings is 1. The first-order valence-corrected chi connectivity index (χ1v) is 14.3. The number of carbonyl (C=O) groups is 3. The van der Waals surface area contributed by atoms with Crippen molar-refractivity contribution in [2.75, 3.05) is 26.2 Å². The number of nitrogens with one attached hydrogen (secondary N) is 2. The van der Waals surface area contributed by atoms with E-state index in [2.05, 4.69) is 20.6 Å². The van der Waals surface area contributed by atoms with Crippen LogP contribution in [-0.2, 0) is 16.1 Å². The number of amides is 3. The maximum atomic E-state index is 13.1. The third-order valence-corrected chi connectivity index (χ3v) is 7.53. The number of hydrogen-bond donors (Lipinski definition) is 2. The summed E-state index contributed by atoms with van der Waals surface area (Å²) in [6, 6.07) is 12.2. The largest absolute Gasteiger partial charge is 0.493 e. The number of benzene rings is 2. The fourth-order valence-electron chi connectivity index (χ4n) is 5.08. The van der Waals surface area contributed by atoms with Crippen molar-refractivity contribution in [1.29, 1.82) is 0 Å². The standard InChI is InChI=1S/C31H33N5O6/c37-29-6-8-34-30(38)22-13-24(40-18-20-4-5-20)15-25(14-22)42-23-3-1-2-21(12-23)19-41-28-7-11-36(17-27(28)35-29)31(39)26-16-32-9-10-33-26/h1-3,9-10,12-16,20,27-28H,4-8,11,17-19H2,(H,34,38)(H,35,37)/t27-,28+/m0/s1. The van der Waals surface area contributed by atoms with Gasteiger partial charge in [0, 0.05) is 50.1 Å². The molecule has 4 bridgehead atoms. The van der Waals surface area contributed by atoms with Crippen LogP contribution in [0.3, 0.4) is 0 Å². The minimum Gasteiger partial charge on any atom is -0.493 e. The number of ether oxygens (including phenoxy) is 3. The number of rotatable bonds is 4. The maximum Gasteiger partial charge on any atom is 0.274 e. The lowest BCUT2D eigenvalue weighted by Crippen LogP contribution is -2.57. The van der Waals surface area contributed by atoms with Crippen LogP contribution < -0.4 is 20.1 Å². The average Bonchev–Trinajstić information content (AvgIpc) is 3.84. The highest BCUT2D eigenvalue weighted by atomic mass is 16.5. The van der Waals surface area contributed by atoms with Crippen LogP contribution in [0.25, 0.3) is 0 Å². The molecule has 3 aliphatic rings. The van der Waals surface area contributed by atoms with Crippen LogP contribution in [0.15, 0.2) is 61.1 Å². The summed E-state index contributed by atoms with van der Waals surface area (Å²) >= 11 is 0. The Kier molecular flexibility index (Phi) is 8.27. The van der Waals surface area contributed by atoms with E-state index in [0.717, 1.165) is 18.4 Å². The Morgan fingerprint density at radius 1 is 1.07 bits per heavy atom. The first kappa shape index (κ1) is 27.6. The highest BCUT2D eigenvalue weighted by molar-refractivity contribution is 5.95. The van der Waals surface area contributed by atoms with Gasteiger partial charge in [-0.3, -0.25) is 19.4 Å². The van der Waals surface area contributed by atoms with Crippen molar-refractivity contribution in [1.82, 2.24) is 25.5 Å². The lowest BCUT2D eigenvalue weighted by molar-refractivity contribution is -0.124. The van der Waals surface area contributed by atoms with Gasteiger partial charge in [0.15, 0.2) is 0 Å². The second-order valence-electron chi connectivity index (χ2n) is 10.9. The van der Waals surface area contributed by atoms with Gasteiger partial charge in [0.25, 0.3) is 11.8 Å². The molecule has 2 aliphatic heterocycles. The minimum atomic E-state index is -0.445. The molecular weight excluding hydrogens is 538 g/mol. The Bertz CT molecular complexity index is 1450. The first-order valence-electron chi connectivity index (χ1n) is 14.3. The van der Waals surface area contributed by atoms with Gasteiger partial charge in [0.1, 0.15) is 22.9 Å². The van der Waals surface area contributed by atoms with Crippen LogP contribution in [0, 0.1) is 5.92 Å². The summed E-state index contributed by atoms with van der Waals surface area (Å²) in [5, 5.41) is 5.85. The molecule has 3 amide bonds. The van der Waals surface area contributed by atoms with Gasteiger partial charge in [-0.2, -0.15) is 0 Å². The summed E-state index contributed by atoms with van der Waals surface area (Å²) < 4.78 is 18.4. The summed E-state index contributed by atoms with van der Waals surface area (Å²) in [4.78, 5) is 48.9. The molecule has 218 valence electrons. The summed E-state index contributed by atoms with van der Waals surface area (Å²) in [5.74, 6) is 1.36. The second kappa shape index (κ2) is 12.6. The molecule has 1 saturated heterocycles. The molecule has 1 aliphatic carbocycles. The molecule has 0 unspecified atom stereocenters. The van der Waals surface area contributed by atoms with Crippen LogP contribution in [0.2, 0.25) is 0 Å². The third-order valence-electron chi connectivity index (χ3n) is 7.53. The molecule has 0 radical (unpaired) electrons. The third kappa shape index (κ3) is 7.03. The van der Waals surface area contributed by atoms with Gasteiger partial charge in [-0.1, -0.05) is 12.1 Å². The van der Waals surface area contributed by atoms with Crippen LogP contribution in [-0.4, -0.2) is 71.0 Å². The van der Waals surface area contributed by atoms with E-state index in [0.29, 0.717) is 54.9 Å². The summed E-state index contributed by atoms with van der Waals surface area (Å²) in [5.41, 5.74) is 1.52. The summed E-state index contributed by atoms with van der Waals surface area (Å²) in [6.45, 7) is 1.74. The smallest absolute Gasteiger partial charge is 0.274 e. The lowest BCUT2D eigenvalue weighted by Gasteiger charge is -2.38. The average molecular weight is 572 g/mol. The molecule has 42 heavy (non-hydrogen) atoms. The van der Waals surface area contributed by atoms with Crippen molar-refractivity contribution in [3.05, 3.63) is 77.9 Å². The number of hydrogen-bond acceptors (Lipinski definition) is 8. The zero-order valence-electron chi connectivity index (χ0n) is 23.2. The van der Waals surface area contributed by atoms with Gasteiger partial charge < -0.3 is 29.7 Å². The predicted octanol–water partition coefficient (Wildman–Crippen LogP) is 3.11. The van der Waals surface area contributed by atoms with Gasteiger partial charge >= 0.3 is 0 Å². The van der Waals surface area contributed by atoms with Crippen molar-refractivity contribution >= 4 is 17.7 Å². The molecule has 2 fully saturated rings. The number of aromatic nitrogens is 2. The molecule has 11 heteroatoms. The van der Waals surface area contributed by atoms with Gasteiger partial charge in [-0.05, 0) is 55.0 Å². The molecule has 11 nitrogen and oxygen atoms in total. The monoisotopic (exact) mass is 571 g/mol. The second-order valence-corrected chi connectivity index (χ2v) is 10.9. The minimum absolute atomic E-state index is 0.0646. The molecular formula is C31H33N5O6. The number of carbonyl (C=O) groups excluding carboxylic acids is 3. The quantitative estimate of drug-likeness (QED) is 0.488. The molecule has 3 heterocycles. The summed E-state index contributed by atoms with van der Waals surface area (Å²) in [7, 11) is 0. The molecule has 2 N–H and O–H groups in total. The van der Waals surface area contributed by atoms with Gasteiger partial charge in [-0.25, -0.2) is 4.98 Å². The Morgan fingerprint density at radius 2 is 1.98 bits per heavy atom. The van der Waals surface area contributed by atoms with Gasteiger partial charge in [0.2, 0.25) is 5.91 Å². The molecule has 2 atom stereocenters. The highest BCUT2D eigenvalue weighted by Gasteiger charge is 2.34. The topological polar surface area (TPSA) is 132 Å². The van der Waals surface area contributed by atoms with Crippen LogP contribution >= 0.6 is 0 Å². The van der Waals surface area contributed by atoms with E-state index in [1.807, 2.05) is 24.3 Å². The van der Waals surface area contributed by atoms with E-state index in [1.165, 1.54) is 18.6 Å². The van der Waals surface area contributed by atoms with E-state index in [-0.39, 0.29) is 49.0 Å². The van der Waals surface area contributed by atoms with Crippen molar-refractivity contribution in [3.8, 4) is 17.2 Å². The lowest BCUT2D eigenvalue weighted by atomic mass is 10.0. The maximum absolute atomic E-state index is 13.1. The van der Waals surface area contributed by atoms with Crippen LogP contribution in [0.4, 0.5) is 0 Å². The Morgan fingerprint density at radius 3 is 2.81 bits per heavy atom. The normalized spacial score (nSPS) is 21.2.